The first kappa shape index (κ1) is 15.2. The van der Waals surface area contributed by atoms with Gasteiger partial charge in [-0.1, -0.05) is 29.8 Å². The van der Waals surface area contributed by atoms with Crippen LogP contribution in [0.3, 0.4) is 0 Å². The zero-order valence-electron chi connectivity index (χ0n) is 12.1. The predicted octanol–water partition coefficient (Wildman–Crippen LogP) is 3.46. The molecular formula is C17H18FNO2. The lowest BCUT2D eigenvalue weighted by molar-refractivity contribution is 0.0696. The Morgan fingerprint density at radius 3 is 2.43 bits per heavy atom. The molecule has 4 heteroatoms. The number of rotatable bonds is 5. The van der Waals surface area contributed by atoms with Crippen molar-refractivity contribution < 1.29 is 14.3 Å². The highest BCUT2D eigenvalue weighted by atomic mass is 19.1. The minimum Gasteiger partial charge on any atom is -0.478 e. The number of halogens is 1. The molecule has 110 valence electrons. The summed E-state index contributed by atoms with van der Waals surface area (Å²) in [6.07, 6.45) is 0. The molecule has 0 radical (unpaired) electrons. The third kappa shape index (κ3) is 4.13. The molecule has 0 aliphatic heterocycles. The van der Waals surface area contributed by atoms with Gasteiger partial charge in [0.15, 0.2) is 0 Å². The van der Waals surface area contributed by atoms with Crippen molar-refractivity contribution in [3.8, 4) is 0 Å². The van der Waals surface area contributed by atoms with Crippen molar-refractivity contribution in [1.29, 1.82) is 0 Å². The summed E-state index contributed by atoms with van der Waals surface area (Å²) in [6.45, 7) is 3.07. The molecule has 0 saturated heterocycles. The lowest BCUT2D eigenvalue weighted by Gasteiger charge is -2.17. The molecule has 0 spiro atoms. The van der Waals surface area contributed by atoms with Gasteiger partial charge in [0.25, 0.3) is 0 Å². The maximum Gasteiger partial charge on any atom is 0.335 e. The van der Waals surface area contributed by atoms with Crippen LogP contribution in [0.1, 0.15) is 27.0 Å². The van der Waals surface area contributed by atoms with E-state index in [1.54, 1.807) is 0 Å². The second kappa shape index (κ2) is 6.50. The van der Waals surface area contributed by atoms with Gasteiger partial charge in [0.1, 0.15) is 5.82 Å². The molecule has 0 fully saturated rings. The van der Waals surface area contributed by atoms with Gasteiger partial charge < -0.3 is 5.11 Å². The Morgan fingerprint density at radius 1 is 1.14 bits per heavy atom. The molecule has 0 amide bonds. The van der Waals surface area contributed by atoms with Crippen LogP contribution in [0.25, 0.3) is 0 Å². The fourth-order valence-corrected chi connectivity index (χ4v) is 2.18. The molecule has 21 heavy (non-hydrogen) atoms. The van der Waals surface area contributed by atoms with Gasteiger partial charge in [0.05, 0.1) is 5.56 Å². The van der Waals surface area contributed by atoms with Crippen LogP contribution in [0.5, 0.6) is 0 Å². The largest absolute Gasteiger partial charge is 0.478 e. The first-order valence-electron chi connectivity index (χ1n) is 6.71. The van der Waals surface area contributed by atoms with E-state index in [0.29, 0.717) is 18.7 Å². The molecule has 0 atom stereocenters. The topological polar surface area (TPSA) is 40.5 Å². The lowest BCUT2D eigenvalue weighted by Crippen LogP contribution is -2.18. The Hall–Kier alpha value is -2.20. The Kier molecular flexibility index (Phi) is 4.70. The van der Waals surface area contributed by atoms with E-state index in [0.717, 1.165) is 5.56 Å². The van der Waals surface area contributed by atoms with Gasteiger partial charge in [-0.3, -0.25) is 4.90 Å². The smallest absolute Gasteiger partial charge is 0.335 e. The van der Waals surface area contributed by atoms with Gasteiger partial charge in [-0.2, -0.15) is 0 Å². The Bertz CT molecular complexity index is 638. The minimum absolute atomic E-state index is 0.107. The van der Waals surface area contributed by atoms with Crippen LogP contribution in [0, 0.1) is 12.7 Å². The molecule has 0 aliphatic rings. The molecule has 2 aromatic carbocycles. The highest BCUT2D eigenvalue weighted by molar-refractivity contribution is 5.87. The molecular weight excluding hydrogens is 269 g/mol. The highest BCUT2D eigenvalue weighted by Gasteiger charge is 2.10. The van der Waals surface area contributed by atoms with Crippen molar-refractivity contribution in [2.75, 3.05) is 7.05 Å². The maximum atomic E-state index is 13.8. The Balaban J connectivity index is 2.08. The second-order valence-corrected chi connectivity index (χ2v) is 5.27. The number of benzene rings is 2. The maximum absolute atomic E-state index is 13.8. The normalized spacial score (nSPS) is 10.9. The van der Waals surface area contributed by atoms with E-state index in [1.807, 2.05) is 43.1 Å². The summed E-state index contributed by atoms with van der Waals surface area (Å²) in [5, 5.41) is 8.96. The molecule has 0 aliphatic carbocycles. The van der Waals surface area contributed by atoms with Gasteiger partial charge in [0.2, 0.25) is 0 Å². The molecule has 0 saturated carbocycles. The van der Waals surface area contributed by atoms with Crippen molar-refractivity contribution >= 4 is 5.97 Å². The van der Waals surface area contributed by atoms with Crippen LogP contribution in [0.4, 0.5) is 4.39 Å². The van der Waals surface area contributed by atoms with E-state index in [4.69, 9.17) is 5.11 Å². The lowest BCUT2D eigenvalue weighted by atomic mass is 10.1. The number of aromatic carboxylic acids is 1. The Labute approximate surface area is 123 Å². The number of carboxylic acid groups (broad SMARTS) is 1. The zero-order valence-corrected chi connectivity index (χ0v) is 12.1. The van der Waals surface area contributed by atoms with Crippen molar-refractivity contribution in [1.82, 2.24) is 4.90 Å². The first-order chi connectivity index (χ1) is 9.95. The number of carboxylic acids is 1. The van der Waals surface area contributed by atoms with E-state index in [2.05, 4.69) is 0 Å². The molecule has 0 aromatic heterocycles. The van der Waals surface area contributed by atoms with Crippen LogP contribution in [-0.4, -0.2) is 23.0 Å². The number of carbonyl (C=O) groups is 1. The van der Waals surface area contributed by atoms with E-state index >= 15 is 0 Å². The summed E-state index contributed by atoms with van der Waals surface area (Å²) in [4.78, 5) is 12.9. The van der Waals surface area contributed by atoms with Crippen LogP contribution < -0.4 is 0 Å². The van der Waals surface area contributed by atoms with Gasteiger partial charge >= 0.3 is 5.97 Å². The fourth-order valence-electron chi connectivity index (χ4n) is 2.18. The summed E-state index contributed by atoms with van der Waals surface area (Å²) in [7, 11) is 1.88. The third-order valence-electron chi connectivity index (χ3n) is 3.31. The standard InChI is InChI=1S/C17H18FNO2/c1-12-3-5-13(6-4-12)10-19(2)11-15-9-14(17(20)21)7-8-16(15)18/h3-9H,10-11H2,1-2H3,(H,20,21). The number of hydrogen-bond acceptors (Lipinski definition) is 2. The summed E-state index contributed by atoms with van der Waals surface area (Å²) >= 11 is 0. The van der Waals surface area contributed by atoms with E-state index in [9.17, 15) is 9.18 Å². The van der Waals surface area contributed by atoms with Crippen molar-refractivity contribution in [3.05, 3.63) is 70.5 Å². The first-order valence-corrected chi connectivity index (χ1v) is 6.71. The van der Waals surface area contributed by atoms with Gasteiger partial charge in [-0.15, -0.1) is 0 Å². The predicted molar refractivity (Wildman–Crippen MR) is 79.7 cm³/mol. The minimum atomic E-state index is -1.04. The fraction of sp³-hybridized carbons (Fsp3) is 0.235. The average Bonchev–Trinajstić information content (AvgIpc) is 2.43. The molecule has 3 nitrogen and oxygen atoms in total. The van der Waals surface area contributed by atoms with Crippen molar-refractivity contribution in [2.24, 2.45) is 0 Å². The molecule has 0 heterocycles. The van der Waals surface area contributed by atoms with Crippen molar-refractivity contribution in [2.45, 2.75) is 20.0 Å². The molecule has 1 N–H and O–H groups in total. The molecule has 0 unspecified atom stereocenters. The number of nitrogens with zero attached hydrogens (tertiary/aromatic N) is 1. The van der Waals surface area contributed by atoms with E-state index in [-0.39, 0.29) is 11.4 Å². The van der Waals surface area contributed by atoms with Gasteiger partial charge in [-0.05, 0) is 37.7 Å². The number of aryl methyl sites for hydroxylation is 1. The molecule has 2 rings (SSSR count). The van der Waals surface area contributed by atoms with E-state index in [1.165, 1.54) is 23.8 Å². The summed E-state index contributed by atoms with van der Waals surface area (Å²) in [5.41, 5.74) is 2.83. The molecule has 2 aromatic rings. The zero-order chi connectivity index (χ0) is 15.4. The van der Waals surface area contributed by atoms with Crippen LogP contribution in [0.2, 0.25) is 0 Å². The third-order valence-corrected chi connectivity index (χ3v) is 3.31. The van der Waals surface area contributed by atoms with Crippen LogP contribution >= 0.6 is 0 Å². The van der Waals surface area contributed by atoms with Crippen LogP contribution in [-0.2, 0) is 13.1 Å². The van der Waals surface area contributed by atoms with E-state index < -0.39 is 5.97 Å². The van der Waals surface area contributed by atoms with Crippen LogP contribution in [0.15, 0.2) is 42.5 Å². The molecule has 0 bridgehead atoms. The average molecular weight is 287 g/mol. The quantitative estimate of drug-likeness (QED) is 0.915. The monoisotopic (exact) mass is 287 g/mol. The van der Waals surface area contributed by atoms with Gasteiger partial charge in [0, 0.05) is 18.7 Å². The Morgan fingerprint density at radius 2 is 1.81 bits per heavy atom. The summed E-state index contributed by atoms with van der Waals surface area (Å²) < 4.78 is 13.8. The SMILES string of the molecule is Cc1ccc(CN(C)Cc2cc(C(=O)O)ccc2F)cc1. The van der Waals surface area contributed by atoms with Crippen molar-refractivity contribution in [3.63, 3.8) is 0 Å². The number of hydrogen-bond donors (Lipinski definition) is 1. The summed E-state index contributed by atoms with van der Waals surface area (Å²) in [5.74, 6) is -1.42. The highest BCUT2D eigenvalue weighted by Crippen LogP contribution is 2.14. The summed E-state index contributed by atoms with van der Waals surface area (Å²) in [6, 6.07) is 12.0. The van der Waals surface area contributed by atoms with Gasteiger partial charge in [-0.25, -0.2) is 9.18 Å². The second-order valence-electron chi connectivity index (χ2n) is 5.27.